The Kier molecular flexibility index (Phi) is 7.69. The van der Waals surface area contributed by atoms with Crippen LogP contribution in [0.1, 0.15) is 59.8 Å². The molecule has 0 aromatic heterocycles. The molecule has 1 aliphatic heterocycles. The van der Waals surface area contributed by atoms with Gasteiger partial charge in [-0.1, -0.05) is 6.92 Å². The van der Waals surface area contributed by atoms with E-state index in [1.165, 1.54) is 0 Å². The summed E-state index contributed by atoms with van der Waals surface area (Å²) in [6.45, 7) is 8.35. The minimum absolute atomic E-state index is 0.0235. The van der Waals surface area contributed by atoms with Gasteiger partial charge in [-0.15, -0.1) is 0 Å². The van der Waals surface area contributed by atoms with E-state index < -0.39 is 6.10 Å². The molecule has 0 spiro atoms. The van der Waals surface area contributed by atoms with Crippen molar-refractivity contribution in [2.24, 2.45) is 11.8 Å². The van der Waals surface area contributed by atoms with Gasteiger partial charge in [-0.3, -0.25) is 9.59 Å². The van der Waals surface area contributed by atoms with E-state index >= 15 is 0 Å². The Morgan fingerprint density at radius 3 is 2.52 bits per heavy atom. The quantitative estimate of drug-likeness (QED) is 0.443. The van der Waals surface area contributed by atoms with Gasteiger partial charge in [0.1, 0.15) is 12.7 Å². The number of rotatable bonds is 10. The maximum atomic E-state index is 12.3. The van der Waals surface area contributed by atoms with Crippen molar-refractivity contribution in [3.05, 3.63) is 0 Å². The summed E-state index contributed by atoms with van der Waals surface area (Å²) < 4.78 is 21.7. The largest absolute Gasteiger partial charge is 0.462 e. The number of ether oxygens (including phenoxy) is 4. The first-order valence-corrected chi connectivity index (χ1v) is 9.58. The van der Waals surface area contributed by atoms with E-state index in [-0.39, 0.29) is 42.6 Å². The Hall–Kier alpha value is -1.14. The highest BCUT2D eigenvalue weighted by Crippen LogP contribution is 2.39. The molecule has 0 amide bonds. The number of hydrogen-bond acceptors (Lipinski definition) is 6. The molecule has 0 radical (unpaired) electrons. The lowest BCUT2D eigenvalue weighted by Crippen LogP contribution is -2.30. The van der Waals surface area contributed by atoms with Gasteiger partial charge in [-0.25, -0.2) is 0 Å². The van der Waals surface area contributed by atoms with Crippen molar-refractivity contribution in [2.45, 2.75) is 84.2 Å². The molecule has 0 aromatic carbocycles. The second-order valence-electron chi connectivity index (χ2n) is 7.21. The predicted molar refractivity (Wildman–Crippen MR) is 92.0 cm³/mol. The fourth-order valence-electron chi connectivity index (χ4n) is 3.45. The predicted octanol–water partition coefficient (Wildman–Crippen LogP) is 2.87. The van der Waals surface area contributed by atoms with E-state index in [4.69, 9.17) is 18.9 Å². The van der Waals surface area contributed by atoms with Crippen LogP contribution in [0.3, 0.4) is 0 Å². The molecule has 0 aromatic rings. The smallest absolute Gasteiger partial charge is 0.309 e. The number of esters is 2. The van der Waals surface area contributed by atoms with E-state index in [9.17, 15) is 9.59 Å². The fourth-order valence-corrected chi connectivity index (χ4v) is 3.45. The molecule has 144 valence electrons. The monoisotopic (exact) mass is 356 g/mol. The highest BCUT2D eigenvalue weighted by molar-refractivity contribution is 5.73. The van der Waals surface area contributed by atoms with Crippen molar-refractivity contribution in [2.75, 3.05) is 13.2 Å². The van der Waals surface area contributed by atoms with Gasteiger partial charge in [0.15, 0.2) is 0 Å². The molecule has 0 bridgehead atoms. The van der Waals surface area contributed by atoms with Crippen LogP contribution in [0.4, 0.5) is 0 Å². The molecule has 6 unspecified atom stereocenters. The Bertz CT molecular complexity index is 451. The van der Waals surface area contributed by atoms with Crippen LogP contribution in [0.15, 0.2) is 0 Å². The summed E-state index contributed by atoms with van der Waals surface area (Å²) in [5, 5.41) is 0. The highest BCUT2D eigenvalue weighted by atomic mass is 16.6. The molecule has 6 heteroatoms. The number of fused-ring (bicyclic) bond motifs is 1. The summed E-state index contributed by atoms with van der Waals surface area (Å²) in [4.78, 5) is 24.4. The summed E-state index contributed by atoms with van der Waals surface area (Å²) in [5.41, 5.74) is 0. The van der Waals surface area contributed by atoms with Crippen LogP contribution in [0.5, 0.6) is 0 Å². The summed E-state index contributed by atoms with van der Waals surface area (Å²) >= 11 is 0. The first kappa shape index (κ1) is 20.2. The average Bonchev–Trinajstić information content (AvgIpc) is 3.36. The van der Waals surface area contributed by atoms with Gasteiger partial charge >= 0.3 is 11.9 Å². The van der Waals surface area contributed by atoms with Gasteiger partial charge < -0.3 is 18.9 Å². The molecule has 1 heterocycles. The molecule has 2 aliphatic rings. The van der Waals surface area contributed by atoms with E-state index in [1.807, 2.05) is 20.8 Å². The summed E-state index contributed by atoms with van der Waals surface area (Å²) in [7, 11) is 0. The standard InChI is InChI=1S/C19H32O6/c1-5-14(9-12(3)22-6-2)19(21)24-13(4)11-23-18(20)15-7-8-16-17(10-15)25-16/h12-17H,5-11H2,1-4H3. The van der Waals surface area contributed by atoms with E-state index in [0.717, 1.165) is 19.3 Å². The third-order valence-corrected chi connectivity index (χ3v) is 5.01. The number of carbonyl (C=O) groups excluding carboxylic acids is 2. The topological polar surface area (TPSA) is 74.4 Å². The van der Waals surface area contributed by atoms with Crippen molar-refractivity contribution in [3.8, 4) is 0 Å². The van der Waals surface area contributed by atoms with Gasteiger partial charge in [0.25, 0.3) is 0 Å². The van der Waals surface area contributed by atoms with Gasteiger partial charge in [0, 0.05) is 6.61 Å². The zero-order chi connectivity index (χ0) is 18.4. The Morgan fingerprint density at radius 2 is 1.88 bits per heavy atom. The molecule has 2 rings (SSSR count). The Morgan fingerprint density at radius 1 is 1.12 bits per heavy atom. The van der Waals surface area contributed by atoms with Crippen molar-refractivity contribution in [1.29, 1.82) is 0 Å². The van der Waals surface area contributed by atoms with Crippen molar-refractivity contribution in [3.63, 3.8) is 0 Å². The maximum absolute atomic E-state index is 12.3. The van der Waals surface area contributed by atoms with Gasteiger partial charge in [-0.05, 0) is 52.9 Å². The summed E-state index contributed by atoms with van der Waals surface area (Å²) in [6.07, 6.45) is 4.05. The van der Waals surface area contributed by atoms with Crippen LogP contribution in [-0.2, 0) is 28.5 Å². The zero-order valence-electron chi connectivity index (χ0n) is 15.9. The minimum Gasteiger partial charge on any atom is -0.462 e. The molecule has 1 aliphatic carbocycles. The van der Waals surface area contributed by atoms with Crippen LogP contribution >= 0.6 is 0 Å². The lowest BCUT2D eigenvalue weighted by atomic mass is 9.89. The molecule has 1 saturated heterocycles. The van der Waals surface area contributed by atoms with Crippen LogP contribution in [0.25, 0.3) is 0 Å². The maximum Gasteiger partial charge on any atom is 0.309 e. The number of epoxide rings is 1. The number of carbonyl (C=O) groups is 2. The van der Waals surface area contributed by atoms with E-state index in [2.05, 4.69) is 0 Å². The van der Waals surface area contributed by atoms with Crippen LogP contribution < -0.4 is 0 Å². The first-order valence-electron chi connectivity index (χ1n) is 9.58. The van der Waals surface area contributed by atoms with Gasteiger partial charge in [-0.2, -0.15) is 0 Å². The Balaban J connectivity index is 1.68. The Labute approximate surface area is 150 Å². The third-order valence-electron chi connectivity index (χ3n) is 5.01. The zero-order valence-corrected chi connectivity index (χ0v) is 15.9. The van der Waals surface area contributed by atoms with E-state index in [1.54, 1.807) is 6.92 Å². The van der Waals surface area contributed by atoms with Crippen LogP contribution in [-0.4, -0.2) is 49.6 Å². The van der Waals surface area contributed by atoms with Crippen molar-refractivity contribution < 1.29 is 28.5 Å². The molecular formula is C19H32O6. The lowest BCUT2D eigenvalue weighted by molar-refractivity contribution is -0.164. The molecule has 2 fully saturated rings. The van der Waals surface area contributed by atoms with Crippen LogP contribution in [0, 0.1) is 11.8 Å². The molecule has 1 saturated carbocycles. The first-order chi connectivity index (χ1) is 11.9. The fraction of sp³-hybridized carbons (Fsp3) is 0.895. The highest BCUT2D eigenvalue weighted by Gasteiger charge is 2.46. The number of hydrogen-bond donors (Lipinski definition) is 0. The average molecular weight is 356 g/mol. The van der Waals surface area contributed by atoms with Crippen molar-refractivity contribution in [1.82, 2.24) is 0 Å². The molecule has 6 atom stereocenters. The normalized spacial score (nSPS) is 28.4. The second-order valence-corrected chi connectivity index (χ2v) is 7.21. The van der Waals surface area contributed by atoms with Crippen molar-refractivity contribution >= 4 is 11.9 Å². The second kappa shape index (κ2) is 9.53. The van der Waals surface area contributed by atoms with Crippen LogP contribution in [0.2, 0.25) is 0 Å². The van der Waals surface area contributed by atoms with Gasteiger partial charge in [0.2, 0.25) is 0 Å². The molecule has 25 heavy (non-hydrogen) atoms. The van der Waals surface area contributed by atoms with E-state index in [0.29, 0.717) is 25.6 Å². The summed E-state index contributed by atoms with van der Waals surface area (Å²) in [6, 6.07) is 0. The molecular weight excluding hydrogens is 324 g/mol. The molecule has 0 N–H and O–H groups in total. The summed E-state index contributed by atoms with van der Waals surface area (Å²) in [5.74, 6) is -0.720. The third kappa shape index (κ3) is 6.26. The SMILES string of the molecule is CCOC(C)CC(CC)C(=O)OC(C)COC(=O)C1CCC2OC2C1. The van der Waals surface area contributed by atoms with Gasteiger partial charge in [0.05, 0.1) is 30.1 Å². The lowest BCUT2D eigenvalue weighted by Gasteiger charge is -2.22. The molecule has 6 nitrogen and oxygen atoms in total. The minimum atomic E-state index is -0.443.